The van der Waals surface area contributed by atoms with Crippen LogP contribution >= 0.6 is 27.5 Å². The van der Waals surface area contributed by atoms with Crippen LogP contribution in [-0.4, -0.2) is 43.9 Å². The molecule has 206 valence electrons. The van der Waals surface area contributed by atoms with E-state index in [1.807, 2.05) is 0 Å². The highest BCUT2D eigenvalue weighted by molar-refractivity contribution is 9.10. The molecule has 3 rings (SSSR count). The van der Waals surface area contributed by atoms with Gasteiger partial charge in [0.1, 0.15) is 0 Å². The Morgan fingerprint density at radius 2 is 1.79 bits per heavy atom. The van der Waals surface area contributed by atoms with Gasteiger partial charge < -0.3 is 10.4 Å². The van der Waals surface area contributed by atoms with Crippen molar-refractivity contribution in [3.05, 3.63) is 98.0 Å². The molecule has 0 spiro atoms. The summed E-state index contributed by atoms with van der Waals surface area (Å²) in [5, 5.41) is 14.7. The Morgan fingerprint density at radius 3 is 2.49 bits per heavy atom. The van der Waals surface area contributed by atoms with Gasteiger partial charge in [0.15, 0.2) is 9.84 Å². The molecular formula is C25H20BrClF3N3O5S. The molecule has 8 nitrogen and oxygen atoms in total. The first-order valence-electron chi connectivity index (χ1n) is 11.0. The quantitative estimate of drug-likeness (QED) is 0.222. The fourth-order valence-electron chi connectivity index (χ4n) is 3.34. The SMILES string of the molecule is O=C(Nc1ccc(Br)cc1C(=O)N/N=C\c1ccc(Cl)c(C(F)(F)F)c1)c1cccc(CS(=O)(=O)CCO)c1. The van der Waals surface area contributed by atoms with E-state index in [9.17, 15) is 31.2 Å². The van der Waals surface area contributed by atoms with E-state index >= 15 is 0 Å². The van der Waals surface area contributed by atoms with E-state index < -0.39 is 50.8 Å². The van der Waals surface area contributed by atoms with Crippen molar-refractivity contribution in [3.8, 4) is 0 Å². The number of aliphatic hydroxyl groups excluding tert-OH is 1. The number of hydrazone groups is 1. The summed E-state index contributed by atoms with van der Waals surface area (Å²) in [7, 11) is -3.57. The van der Waals surface area contributed by atoms with Gasteiger partial charge in [-0.25, -0.2) is 13.8 Å². The third-order valence-corrected chi connectivity index (χ3v) is 7.53. The lowest BCUT2D eigenvalue weighted by Crippen LogP contribution is -2.21. The minimum atomic E-state index is -4.67. The maximum Gasteiger partial charge on any atom is 0.417 e. The number of rotatable bonds is 9. The van der Waals surface area contributed by atoms with Gasteiger partial charge >= 0.3 is 6.18 Å². The lowest BCUT2D eigenvalue weighted by Gasteiger charge is -2.12. The van der Waals surface area contributed by atoms with Gasteiger partial charge in [0.05, 0.1) is 46.2 Å². The van der Waals surface area contributed by atoms with Gasteiger partial charge in [-0.1, -0.05) is 45.7 Å². The Morgan fingerprint density at radius 1 is 1.05 bits per heavy atom. The Kier molecular flexibility index (Phi) is 9.88. The molecule has 0 fully saturated rings. The van der Waals surface area contributed by atoms with Crippen molar-refractivity contribution in [3.63, 3.8) is 0 Å². The number of aliphatic hydroxyl groups is 1. The molecule has 0 aromatic heterocycles. The van der Waals surface area contributed by atoms with E-state index in [0.717, 1.165) is 18.3 Å². The van der Waals surface area contributed by atoms with E-state index in [1.165, 1.54) is 42.5 Å². The van der Waals surface area contributed by atoms with Crippen LogP contribution in [0.3, 0.4) is 0 Å². The number of nitrogens with one attached hydrogen (secondary N) is 2. The molecule has 2 amide bonds. The van der Waals surface area contributed by atoms with Crippen LogP contribution in [0.2, 0.25) is 5.02 Å². The first-order chi connectivity index (χ1) is 18.3. The van der Waals surface area contributed by atoms with Crippen LogP contribution in [0.25, 0.3) is 0 Å². The molecule has 0 aliphatic heterocycles. The summed E-state index contributed by atoms with van der Waals surface area (Å²) in [5.74, 6) is -2.17. The minimum absolute atomic E-state index is 0.0105. The highest BCUT2D eigenvalue weighted by Crippen LogP contribution is 2.34. The van der Waals surface area contributed by atoms with Gasteiger partial charge in [0, 0.05) is 10.0 Å². The normalized spacial score (nSPS) is 11.9. The van der Waals surface area contributed by atoms with Crippen LogP contribution in [-0.2, 0) is 21.8 Å². The number of anilines is 1. The number of sulfone groups is 1. The molecule has 14 heteroatoms. The van der Waals surface area contributed by atoms with E-state index in [1.54, 1.807) is 6.07 Å². The second kappa shape index (κ2) is 12.7. The standard InChI is InChI=1S/C25H20BrClF3N3O5S/c26-18-5-7-22(32-23(35)17-3-1-2-16(10-17)14-39(37,38)9-8-34)19(12-18)24(36)33-31-13-15-4-6-21(27)20(11-15)25(28,29)30/h1-7,10-13,34H,8-9,14H2,(H,32,35)(H,33,36)/b31-13-. The van der Waals surface area contributed by atoms with E-state index in [0.29, 0.717) is 10.0 Å². The van der Waals surface area contributed by atoms with Gasteiger partial charge in [-0.15, -0.1) is 0 Å². The van der Waals surface area contributed by atoms with Gasteiger partial charge in [-0.3, -0.25) is 9.59 Å². The second-order valence-electron chi connectivity index (χ2n) is 8.10. The Balaban J connectivity index is 1.77. The third kappa shape index (κ3) is 8.62. The Labute approximate surface area is 234 Å². The van der Waals surface area contributed by atoms with Crippen molar-refractivity contribution in [1.29, 1.82) is 0 Å². The zero-order valence-corrected chi connectivity index (χ0v) is 23.0. The number of carbonyl (C=O) groups excluding carboxylic acids is 2. The fourth-order valence-corrected chi connectivity index (χ4v) is 5.04. The topological polar surface area (TPSA) is 125 Å². The molecule has 0 aliphatic carbocycles. The summed E-state index contributed by atoms with van der Waals surface area (Å²) < 4.78 is 63.7. The van der Waals surface area contributed by atoms with Gasteiger partial charge in [-0.2, -0.15) is 18.3 Å². The highest BCUT2D eigenvalue weighted by Gasteiger charge is 2.33. The smallest absolute Gasteiger partial charge is 0.395 e. The summed E-state index contributed by atoms with van der Waals surface area (Å²) in [6.07, 6.45) is -3.66. The Hall–Kier alpha value is -3.26. The zero-order valence-electron chi connectivity index (χ0n) is 19.8. The Bertz CT molecular complexity index is 1530. The largest absolute Gasteiger partial charge is 0.417 e. The first-order valence-corrected chi connectivity index (χ1v) is 14.0. The molecule has 0 aliphatic rings. The minimum Gasteiger partial charge on any atom is -0.395 e. The molecule has 0 saturated heterocycles. The summed E-state index contributed by atoms with van der Waals surface area (Å²) in [5.41, 5.74) is 1.75. The second-order valence-corrected chi connectivity index (χ2v) is 11.6. The van der Waals surface area contributed by atoms with Crippen molar-refractivity contribution in [2.45, 2.75) is 11.9 Å². The van der Waals surface area contributed by atoms with E-state index in [4.69, 9.17) is 16.7 Å². The molecule has 0 radical (unpaired) electrons. The van der Waals surface area contributed by atoms with Crippen LogP contribution in [0.15, 0.2) is 70.2 Å². The van der Waals surface area contributed by atoms with Crippen LogP contribution < -0.4 is 10.7 Å². The lowest BCUT2D eigenvalue weighted by atomic mass is 10.1. The lowest BCUT2D eigenvalue weighted by molar-refractivity contribution is -0.137. The van der Waals surface area contributed by atoms with Crippen LogP contribution in [0.5, 0.6) is 0 Å². The number of amides is 2. The number of hydrogen-bond acceptors (Lipinski definition) is 6. The van der Waals surface area contributed by atoms with Gasteiger partial charge in [0.2, 0.25) is 0 Å². The molecule has 0 bridgehead atoms. The summed E-state index contributed by atoms with van der Waals surface area (Å²) in [6, 6.07) is 13.4. The molecule has 0 saturated carbocycles. The zero-order chi connectivity index (χ0) is 28.8. The first kappa shape index (κ1) is 30.3. The molecule has 3 aromatic rings. The molecule has 39 heavy (non-hydrogen) atoms. The van der Waals surface area contributed by atoms with Gasteiger partial charge in [0.25, 0.3) is 11.8 Å². The summed E-state index contributed by atoms with van der Waals surface area (Å²) >= 11 is 8.84. The average Bonchev–Trinajstić information content (AvgIpc) is 2.85. The van der Waals surface area contributed by atoms with E-state index in [-0.39, 0.29) is 28.1 Å². The van der Waals surface area contributed by atoms with Crippen molar-refractivity contribution >= 4 is 61.1 Å². The van der Waals surface area contributed by atoms with Crippen molar-refractivity contribution in [1.82, 2.24) is 5.43 Å². The van der Waals surface area contributed by atoms with Crippen molar-refractivity contribution < 1.29 is 36.3 Å². The predicted octanol–water partition coefficient (Wildman–Crippen LogP) is 5.04. The van der Waals surface area contributed by atoms with E-state index in [2.05, 4.69) is 31.8 Å². The summed E-state index contributed by atoms with van der Waals surface area (Å²) in [6.45, 7) is -0.519. The number of benzene rings is 3. The third-order valence-electron chi connectivity index (χ3n) is 5.13. The highest BCUT2D eigenvalue weighted by atomic mass is 79.9. The number of carbonyl (C=O) groups is 2. The fraction of sp³-hybridized carbons (Fsp3) is 0.160. The number of nitrogens with zero attached hydrogens (tertiary/aromatic N) is 1. The van der Waals surface area contributed by atoms with Crippen LogP contribution in [0.1, 0.15) is 37.4 Å². The van der Waals surface area contributed by atoms with Crippen LogP contribution in [0, 0.1) is 0 Å². The van der Waals surface area contributed by atoms with Crippen molar-refractivity contribution in [2.75, 3.05) is 17.7 Å². The molecule has 3 N–H and O–H groups in total. The van der Waals surface area contributed by atoms with Crippen LogP contribution in [0.4, 0.5) is 18.9 Å². The van der Waals surface area contributed by atoms with Crippen molar-refractivity contribution in [2.24, 2.45) is 5.10 Å². The van der Waals surface area contributed by atoms with Gasteiger partial charge in [-0.05, 0) is 53.6 Å². The average molecular weight is 647 g/mol. The molecule has 0 heterocycles. The molecule has 3 aromatic carbocycles. The number of halogens is 5. The maximum absolute atomic E-state index is 13.1. The number of alkyl halides is 3. The number of hydrogen-bond donors (Lipinski definition) is 3. The molecule has 0 unspecified atom stereocenters. The summed E-state index contributed by atoms with van der Waals surface area (Å²) in [4.78, 5) is 25.7. The molecular weight excluding hydrogens is 627 g/mol. The molecule has 0 atom stereocenters. The monoisotopic (exact) mass is 645 g/mol. The predicted molar refractivity (Wildman–Crippen MR) is 145 cm³/mol. The maximum atomic E-state index is 13.1.